The van der Waals surface area contributed by atoms with Crippen molar-refractivity contribution in [1.29, 1.82) is 0 Å². The maximum absolute atomic E-state index is 11.4. The largest absolute Gasteiger partial charge is 0.387 e. The molecule has 0 saturated carbocycles. The van der Waals surface area contributed by atoms with Crippen LogP contribution in [0, 0.1) is 0 Å². The zero-order valence-electron chi connectivity index (χ0n) is 10.4. The van der Waals surface area contributed by atoms with Crippen LogP contribution in [-0.4, -0.2) is 30.1 Å². The number of nitrogens with one attached hydrogen (secondary N) is 2. The Morgan fingerprint density at radius 3 is 2.94 bits per heavy atom. The molecule has 1 aromatic rings. The van der Waals surface area contributed by atoms with Gasteiger partial charge in [-0.1, -0.05) is 30.3 Å². The molecule has 1 saturated heterocycles. The summed E-state index contributed by atoms with van der Waals surface area (Å²) in [6, 6.07) is 9.75. The van der Waals surface area contributed by atoms with Crippen LogP contribution in [0.3, 0.4) is 0 Å². The highest BCUT2D eigenvalue weighted by molar-refractivity contribution is 5.76. The van der Waals surface area contributed by atoms with Gasteiger partial charge in [-0.05, 0) is 18.4 Å². The summed E-state index contributed by atoms with van der Waals surface area (Å²) in [6.45, 7) is 1.25. The third kappa shape index (κ3) is 3.82. The molecule has 1 aromatic carbocycles. The van der Waals surface area contributed by atoms with Crippen LogP contribution in [0.5, 0.6) is 0 Å². The number of rotatable bonds is 4. The van der Waals surface area contributed by atoms with Crippen molar-refractivity contribution in [2.24, 2.45) is 0 Å². The predicted molar refractivity (Wildman–Crippen MR) is 70.1 cm³/mol. The number of benzene rings is 1. The van der Waals surface area contributed by atoms with Crippen LogP contribution in [0.1, 0.15) is 30.9 Å². The Bertz CT molecular complexity index is 381. The van der Waals surface area contributed by atoms with E-state index in [1.807, 2.05) is 30.3 Å². The van der Waals surface area contributed by atoms with E-state index in [0.717, 1.165) is 24.9 Å². The molecule has 1 fully saturated rings. The molecule has 3 N–H and O–H groups in total. The highest BCUT2D eigenvalue weighted by Gasteiger charge is 2.18. The predicted octanol–water partition coefficient (Wildman–Crippen LogP) is 0.978. The standard InChI is InChI=1S/C14H20N2O2/c17-13(11-5-2-1-3-6-11)10-16-12-7-4-8-15-14(18)9-12/h1-3,5-6,12-13,16-17H,4,7-10H2,(H,15,18). The van der Waals surface area contributed by atoms with E-state index in [1.165, 1.54) is 0 Å². The molecule has 0 spiro atoms. The fourth-order valence-electron chi connectivity index (χ4n) is 2.22. The molecule has 0 aliphatic carbocycles. The molecular formula is C14H20N2O2. The first-order chi connectivity index (χ1) is 8.75. The molecule has 1 amide bonds. The first kappa shape index (κ1) is 13.1. The minimum atomic E-state index is -0.516. The Labute approximate surface area is 107 Å². The first-order valence-corrected chi connectivity index (χ1v) is 6.49. The molecule has 18 heavy (non-hydrogen) atoms. The van der Waals surface area contributed by atoms with Crippen LogP contribution in [0.4, 0.5) is 0 Å². The molecule has 2 atom stereocenters. The summed E-state index contributed by atoms with van der Waals surface area (Å²) in [7, 11) is 0. The van der Waals surface area contributed by atoms with Crippen molar-refractivity contribution >= 4 is 5.91 Å². The number of hydrogen-bond donors (Lipinski definition) is 3. The Kier molecular flexibility index (Phi) is 4.73. The molecule has 2 unspecified atom stereocenters. The van der Waals surface area contributed by atoms with Crippen LogP contribution in [0.2, 0.25) is 0 Å². The molecule has 98 valence electrons. The van der Waals surface area contributed by atoms with E-state index in [2.05, 4.69) is 10.6 Å². The van der Waals surface area contributed by atoms with Crippen molar-refractivity contribution in [3.63, 3.8) is 0 Å². The van der Waals surface area contributed by atoms with Crippen LogP contribution < -0.4 is 10.6 Å². The van der Waals surface area contributed by atoms with Gasteiger partial charge < -0.3 is 15.7 Å². The van der Waals surface area contributed by atoms with Crippen molar-refractivity contribution in [2.75, 3.05) is 13.1 Å². The van der Waals surface area contributed by atoms with E-state index in [9.17, 15) is 9.90 Å². The maximum atomic E-state index is 11.4. The summed E-state index contributed by atoms with van der Waals surface area (Å²) in [5.74, 6) is 0.0965. The monoisotopic (exact) mass is 248 g/mol. The molecular weight excluding hydrogens is 228 g/mol. The molecule has 4 heteroatoms. The van der Waals surface area contributed by atoms with Crippen molar-refractivity contribution in [3.05, 3.63) is 35.9 Å². The van der Waals surface area contributed by atoms with Crippen molar-refractivity contribution in [2.45, 2.75) is 31.4 Å². The van der Waals surface area contributed by atoms with Gasteiger partial charge in [-0.3, -0.25) is 4.79 Å². The zero-order chi connectivity index (χ0) is 12.8. The fourth-order valence-corrected chi connectivity index (χ4v) is 2.22. The van der Waals surface area contributed by atoms with E-state index in [0.29, 0.717) is 13.0 Å². The summed E-state index contributed by atoms with van der Waals surface area (Å²) < 4.78 is 0. The van der Waals surface area contributed by atoms with Gasteiger partial charge in [0.15, 0.2) is 0 Å². The Hall–Kier alpha value is -1.39. The molecule has 4 nitrogen and oxygen atoms in total. The number of aliphatic hydroxyl groups excluding tert-OH is 1. The molecule has 0 bridgehead atoms. The highest BCUT2D eigenvalue weighted by Crippen LogP contribution is 2.12. The van der Waals surface area contributed by atoms with Gasteiger partial charge >= 0.3 is 0 Å². The molecule has 1 aliphatic heterocycles. The molecule has 0 radical (unpaired) electrons. The van der Waals surface area contributed by atoms with E-state index < -0.39 is 6.10 Å². The second kappa shape index (κ2) is 6.52. The van der Waals surface area contributed by atoms with Crippen molar-refractivity contribution in [3.8, 4) is 0 Å². The summed E-state index contributed by atoms with van der Waals surface area (Å²) in [5, 5.41) is 16.2. The number of aliphatic hydroxyl groups is 1. The number of carbonyl (C=O) groups excluding carboxylic acids is 1. The highest BCUT2D eigenvalue weighted by atomic mass is 16.3. The third-order valence-electron chi connectivity index (χ3n) is 3.27. The Morgan fingerprint density at radius 2 is 2.17 bits per heavy atom. The van der Waals surface area contributed by atoms with Crippen LogP contribution in [0.15, 0.2) is 30.3 Å². The number of carbonyl (C=O) groups is 1. The van der Waals surface area contributed by atoms with E-state index >= 15 is 0 Å². The molecule has 0 aromatic heterocycles. The van der Waals surface area contributed by atoms with E-state index in [1.54, 1.807) is 0 Å². The lowest BCUT2D eigenvalue weighted by Crippen LogP contribution is -2.35. The maximum Gasteiger partial charge on any atom is 0.221 e. The third-order valence-corrected chi connectivity index (χ3v) is 3.27. The summed E-state index contributed by atoms with van der Waals surface area (Å²) >= 11 is 0. The van der Waals surface area contributed by atoms with Gasteiger partial charge in [0.05, 0.1) is 6.10 Å². The quantitative estimate of drug-likeness (QED) is 0.744. The minimum absolute atomic E-state index is 0.0965. The average Bonchev–Trinajstić information content (AvgIpc) is 2.61. The van der Waals surface area contributed by atoms with Crippen LogP contribution in [-0.2, 0) is 4.79 Å². The van der Waals surface area contributed by atoms with Gasteiger partial charge in [0.1, 0.15) is 0 Å². The number of hydrogen-bond acceptors (Lipinski definition) is 3. The van der Waals surface area contributed by atoms with Crippen molar-refractivity contribution < 1.29 is 9.90 Å². The lowest BCUT2D eigenvalue weighted by Gasteiger charge is -2.18. The SMILES string of the molecule is O=C1CC(NCC(O)c2ccccc2)CCCN1. The Balaban J connectivity index is 1.82. The smallest absolute Gasteiger partial charge is 0.221 e. The molecule has 1 aliphatic rings. The van der Waals surface area contributed by atoms with Gasteiger partial charge in [-0.15, -0.1) is 0 Å². The molecule has 1 heterocycles. The van der Waals surface area contributed by atoms with Gasteiger partial charge in [0, 0.05) is 25.6 Å². The summed E-state index contributed by atoms with van der Waals surface area (Å²) in [5.41, 5.74) is 0.906. The Morgan fingerprint density at radius 1 is 1.39 bits per heavy atom. The van der Waals surface area contributed by atoms with Crippen molar-refractivity contribution in [1.82, 2.24) is 10.6 Å². The fraction of sp³-hybridized carbons (Fsp3) is 0.500. The summed E-state index contributed by atoms with van der Waals surface area (Å²) in [6.07, 6.45) is 1.95. The molecule has 2 rings (SSSR count). The summed E-state index contributed by atoms with van der Waals surface area (Å²) in [4.78, 5) is 11.4. The topological polar surface area (TPSA) is 61.4 Å². The van der Waals surface area contributed by atoms with E-state index in [-0.39, 0.29) is 11.9 Å². The van der Waals surface area contributed by atoms with Gasteiger partial charge in [-0.2, -0.15) is 0 Å². The van der Waals surface area contributed by atoms with Gasteiger partial charge in [-0.25, -0.2) is 0 Å². The average molecular weight is 248 g/mol. The lowest BCUT2D eigenvalue weighted by molar-refractivity contribution is -0.121. The number of amides is 1. The zero-order valence-corrected chi connectivity index (χ0v) is 10.4. The van der Waals surface area contributed by atoms with Gasteiger partial charge in [0.25, 0.3) is 0 Å². The van der Waals surface area contributed by atoms with Crippen LogP contribution in [0.25, 0.3) is 0 Å². The lowest BCUT2D eigenvalue weighted by atomic mass is 10.1. The second-order valence-electron chi connectivity index (χ2n) is 4.73. The van der Waals surface area contributed by atoms with Gasteiger partial charge in [0.2, 0.25) is 5.91 Å². The van der Waals surface area contributed by atoms with E-state index in [4.69, 9.17) is 0 Å². The van der Waals surface area contributed by atoms with Crippen LogP contribution >= 0.6 is 0 Å². The minimum Gasteiger partial charge on any atom is -0.387 e. The first-order valence-electron chi connectivity index (χ1n) is 6.49. The second-order valence-corrected chi connectivity index (χ2v) is 4.73. The normalized spacial score (nSPS) is 22.1.